The maximum Gasteiger partial charge on any atom is 0.304 e. The summed E-state index contributed by atoms with van der Waals surface area (Å²) in [4.78, 5) is 29.8. The number of amides is 2. The second-order valence-electron chi connectivity index (χ2n) is 10.7. The molecular weight excluding hydrogens is 536 g/mol. The molecule has 8 nitrogen and oxygen atoms in total. The van der Waals surface area contributed by atoms with Gasteiger partial charge in [0.05, 0.1) is 5.69 Å². The molecule has 1 aliphatic carbocycles. The van der Waals surface area contributed by atoms with Crippen LogP contribution in [0.2, 0.25) is 0 Å². The summed E-state index contributed by atoms with van der Waals surface area (Å²) in [5, 5.41) is 3.22. The van der Waals surface area contributed by atoms with Crippen LogP contribution < -0.4 is 9.62 Å². The summed E-state index contributed by atoms with van der Waals surface area (Å²) in [6.07, 6.45) is 5.43. The van der Waals surface area contributed by atoms with Crippen molar-refractivity contribution in [3.05, 3.63) is 102 Å². The number of nitrogens with zero attached hydrogens (tertiary/aromatic N) is 3. The number of hydrogen-bond acceptors (Lipinski definition) is 4. The van der Waals surface area contributed by atoms with Crippen molar-refractivity contribution in [1.29, 1.82) is 0 Å². The van der Waals surface area contributed by atoms with Gasteiger partial charge in [-0.1, -0.05) is 98.1 Å². The van der Waals surface area contributed by atoms with Crippen LogP contribution in [0.4, 0.5) is 5.69 Å². The number of benzene rings is 3. The smallest absolute Gasteiger partial charge is 0.304 e. The SMILES string of the molecule is CN(C)S(=O)(=O)N(CC(=O)N(Cc1ccccc1)C(Cc1ccccc1)C(=O)NC1CCCCC1)c1ccccc1. The van der Waals surface area contributed by atoms with Crippen molar-refractivity contribution in [2.24, 2.45) is 0 Å². The molecule has 1 fully saturated rings. The Balaban J connectivity index is 1.72. The van der Waals surface area contributed by atoms with Crippen LogP contribution in [-0.2, 0) is 32.8 Å². The van der Waals surface area contributed by atoms with Gasteiger partial charge in [0, 0.05) is 33.1 Å². The molecule has 1 N–H and O–H groups in total. The Labute approximate surface area is 244 Å². The van der Waals surface area contributed by atoms with E-state index >= 15 is 0 Å². The third-order valence-electron chi connectivity index (χ3n) is 7.48. The molecule has 3 aromatic carbocycles. The largest absolute Gasteiger partial charge is 0.352 e. The number of carbonyl (C=O) groups is 2. The van der Waals surface area contributed by atoms with E-state index in [0.717, 1.165) is 51.8 Å². The van der Waals surface area contributed by atoms with Gasteiger partial charge >= 0.3 is 10.2 Å². The fraction of sp³-hybridized carbons (Fsp3) is 0.375. The lowest BCUT2D eigenvalue weighted by Gasteiger charge is -2.35. The number of nitrogens with one attached hydrogen (secondary N) is 1. The van der Waals surface area contributed by atoms with Crippen molar-refractivity contribution in [1.82, 2.24) is 14.5 Å². The van der Waals surface area contributed by atoms with E-state index in [0.29, 0.717) is 12.1 Å². The van der Waals surface area contributed by atoms with Gasteiger partial charge in [-0.05, 0) is 36.1 Å². The average Bonchev–Trinajstić information content (AvgIpc) is 2.99. The first-order chi connectivity index (χ1) is 19.8. The van der Waals surface area contributed by atoms with Gasteiger partial charge in [0.2, 0.25) is 11.8 Å². The van der Waals surface area contributed by atoms with Gasteiger partial charge in [0.15, 0.2) is 0 Å². The molecule has 0 saturated heterocycles. The van der Waals surface area contributed by atoms with Gasteiger partial charge in [-0.2, -0.15) is 12.7 Å². The molecule has 41 heavy (non-hydrogen) atoms. The summed E-state index contributed by atoms with van der Waals surface area (Å²) in [5.74, 6) is -0.672. The van der Waals surface area contributed by atoms with Gasteiger partial charge in [-0.25, -0.2) is 4.31 Å². The molecule has 1 saturated carbocycles. The van der Waals surface area contributed by atoms with E-state index < -0.39 is 28.7 Å². The van der Waals surface area contributed by atoms with Crippen molar-refractivity contribution in [3.63, 3.8) is 0 Å². The normalized spacial score (nSPS) is 14.8. The molecule has 0 bridgehead atoms. The predicted octanol–water partition coefficient (Wildman–Crippen LogP) is 4.39. The van der Waals surface area contributed by atoms with Crippen LogP contribution in [0.15, 0.2) is 91.0 Å². The molecule has 9 heteroatoms. The van der Waals surface area contributed by atoms with Gasteiger partial charge in [0.1, 0.15) is 12.6 Å². The zero-order valence-corrected chi connectivity index (χ0v) is 24.7. The maximum atomic E-state index is 14.3. The molecule has 1 atom stereocenters. The lowest BCUT2D eigenvalue weighted by atomic mass is 9.94. The molecule has 4 rings (SSSR count). The number of para-hydroxylation sites is 1. The lowest BCUT2D eigenvalue weighted by Crippen LogP contribution is -2.55. The summed E-state index contributed by atoms with van der Waals surface area (Å²) >= 11 is 0. The summed E-state index contributed by atoms with van der Waals surface area (Å²) in [7, 11) is -1.13. The molecule has 1 aliphatic rings. The van der Waals surface area contributed by atoms with Crippen molar-refractivity contribution in [2.45, 2.75) is 57.2 Å². The molecule has 3 aromatic rings. The third kappa shape index (κ3) is 8.17. The molecule has 1 unspecified atom stereocenters. The average molecular weight is 577 g/mol. The maximum absolute atomic E-state index is 14.3. The Kier molecular flexibility index (Phi) is 10.5. The zero-order valence-electron chi connectivity index (χ0n) is 23.9. The number of carbonyl (C=O) groups excluding carboxylic acids is 2. The Hall–Kier alpha value is -3.69. The van der Waals surface area contributed by atoms with Crippen LogP contribution in [0.5, 0.6) is 0 Å². The Morgan fingerprint density at radius 2 is 1.34 bits per heavy atom. The summed E-state index contributed by atoms with van der Waals surface area (Å²) in [5.41, 5.74) is 2.15. The number of rotatable bonds is 12. The minimum atomic E-state index is -4.00. The minimum Gasteiger partial charge on any atom is -0.352 e. The fourth-order valence-corrected chi connectivity index (χ4v) is 6.25. The minimum absolute atomic E-state index is 0.0677. The Bertz CT molecular complexity index is 1360. The molecular formula is C32H40N4O4S. The van der Waals surface area contributed by atoms with Gasteiger partial charge in [0.25, 0.3) is 0 Å². The quantitative estimate of drug-likeness (QED) is 0.346. The first-order valence-corrected chi connectivity index (χ1v) is 15.6. The number of hydrogen-bond donors (Lipinski definition) is 1. The van der Waals surface area contributed by atoms with Crippen molar-refractivity contribution in [3.8, 4) is 0 Å². The first-order valence-electron chi connectivity index (χ1n) is 14.2. The van der Waals surface area contributed by atoms with Crippen LogP contribution in [0.25, 0.3) is 0 Å². The van der Waals surface area contributed by atoms with E-state index in [-0.39, 0.29) is 18.5 Å². The third-order valence-corrected chi connectivity index (χ3v) is 9.30. The first kappa shape index (κ1) is 30.3. The topological polar surface area (TPSA) is 90.0 Å². The monoisotopic (exact) mass is 576 g/mol. The zero-order chi connectivity index (χ0) is 29.2. The highest BCUT2D eigenvalue weighted by molar-refractivity contribution is 7.90. The molecule has 0 spiro atoms. The Morgan fingerprint density at radius 1 is 0.805 bits per heavy atom. The van der Waals surface area contributed by atoms with Gasteiger partial charge < -0.3 is 10.2 Å². The highest BCUT2D eigenvalue weighted by Gasteiger charge is 2.35. The van der Waals surface area contributed by atoms with E-state index in [1.165, 1.54) is 14.1 Å². The predicted molar refractivity (Wildman–Crippen MR) is 162 cm³/mol. The van der Waals surface area contributed by atoms with Crippen LogP contribution in [-0.4, -0.2) is 62.2 Å². The van der Waals surface area contributed by atoms with E-state index in [4.69, 9.17) is 0 Å². The molecule has 0 aliphatic heterocycles. The van der Waals surface area contributed by atoms with Crippen molar-refractivity contribution >= 4 is 27.7 Å². The van der Waals surface area contributed by atoms with E-state index in [9.17, 15) is 18.0 Å². The molecule has 2 amide bonds. The second-order valence-corrected chi connectivity index (χ2v) is 12.8. The second kappa shape index (κ2) is 14.3. The summed E-state index contributed by atoms with van der Waals surface area (Å²) in [6, 6.07) is 26.9. The van der Waals surface area contributed by atoms with Gasteiger partial charge in [-0.3, -0.25) is 9.59 Å². The van der Waals surface area contributed by atoms with E-state index in [1.54, 1.807) is 35.2 Å². The number of anilines is 1. The van der Waals surface area contributed by atoms with Crippen molar-refractivity contribution < 1.29 is 18.0 Å². The molecule has 0 aromatic heterocycles. The lowest BCUT2D eigenvalue weighted by molar-refractivity contribution is -0.140. The standard InChI is InChI=1S/C32H40N4O4S/c1-34(2)41(39,40)36(29-21-13-6-14-22-29)25-31(37)35(24-27-17-9-4-10-18-27)30(23-26-15-7-3-8-16-26)32(38)33-28-19-11-5-12-20-28/h3-4,6-10,13-18,21-22,28,30H,5,11-12,19-20,23-25H2,1-2H3,(H,33,38). The molecule has 0 radical (unpaired) electrons. The van der Waals surface area contributed by atoms with Crippen LogP contribution in [0.3, 0.4) is 0 Å². The van der Waals surface area contributed by atoms with Crippen LogP contribution >= 0.6 is 0 Å². The Morgan fingerprint density at radius 3 is 1.90 bits per heavy atom. The van der Waals surface area contributed by atoms with Crippen LogP contribution in [0, 0.1) is 0 Å². The highest BCUT2D eigenvalue weighted by atomic mass is 32.2. The van der Waals surface area contributed by atoms with E-state index in [2.05, 4.69) is 5.32 Å². The van der Waals surface area contributed by atoms with Crippen LogP contribution in [0.1, 0.15) is 43.2 Å². The van der Waals surface area contributed by atoms with E-state index in [1.807, 2.05) is 60.7 Å². The highest BCUT2D eigenvalue weighted by Crippen LogP contribution is 2.23. The summed E-state index contributed by atoms with van der Waals surface area (Å²) in [6.45, 7) is -0.279. The fourth-order valence-electron chi connectivity index (χ4n) is 5.19. The molecule has 218 valence electrons. The van der Waals surface area contributed by atoms with Gasteiger partial charge in [-0.15, -0.1) is 0 Å². The summed E-state index contributed by atoms with van der Waals surface area (Å²) < 4.78 is 29.0. The molecule has 0 heterocycles. The van der Waals surface area contributed by atoms with Crippen molar-refractivity contribution in [2.75, 3.05) is 24.9 Å².